The van der Waals surface area contributed by atoms with Crippen LogP contribution in [-0.2, 0) is 0 Å². The molecule has 0 spiro atoms. The summed E-state index contributed by atoms with van der Waals surface area (Å²) in [5.41, 5.74) is 14.4. The fourth-order valence-electron chi connectivity index (χ4n) is 7.75. The van der Waals surface area contributed by atoms with Crippen molar-refractivity contribution in [2.75, 3.05) is 0 Å². The van der Waals surface area contributed by atoms with E-state index in [9.17, 15) is 0 Å². The normalized spacial score (nSPS) is 11.6. The molecule has 2 heterocycles. The molecular formula is C48H32N2. The van der Waals surface area contributed by atoms with Crippen LogP contribution >= 0.6 is 0 Å². The van der Waals surface area contributed by atoms with Gasteiger partial charge in [-0.15, -0.1) is 0 Å². The SMILES string of the molecule is c1ccc(-c2cccc(-n3c4ccccc4c4cc(-c5ccc6c(c5)c5cc(-c7ccccc7)ccc5n6-c5ccccc5)ccc43)c2)cc1. The van der Waals surface area contributed by atoms with Gasteiger partial charge < -0.3 is 9.13 Å². The third-order valence-corrected chi connectivity index (χ3v) is 10.1. The van der Waals surface area contributed by atoms with Gasteiger partial charge in [0, 0.05) is 32.9 Å². The molecule has 0 saturated carbocycles. The van der Waals surface area contributed by atoms with Gasteiger partial charge in [-0.05, 0) is 100 Å². The number of fused-ring (bicyclic) bond motifs is 6. The maximum Gasteiger partial charge on any atom is 0.0541 e. The van der Waals surface area contributed by atoms with Gasteiger partial charge in [0.05, 0.1) is 22.1 Å². The molecule has 0 atom stereocenters. The quantitative estimate of drug-likeness (QED) is 0.178. The summed E-state index contributed by atoms with van der Waals surface area (Å²) in [7, 11) is 0. The molecule has 0 N–H and O–H groups in total. The summed E-state index contributed by atoms with van der Waals surface area (Å²) in [6.07, 6.45) is 0. The molecule has 8 aromatic carbocycles. The number of aromatic nitrogens is 2. The lowest BCUT2D eigenvalue weighted by Crippen LogP contribution is -1.94. The second-order valence-corrected chi connectivity index (χ2v) is 13.0. The van der Waals surface area contributed by atoms with Gasteiger partial charge in [0.15, 0.2) is 0 Å². The van der Waals surface area contributed by atoms with E-state index in [1.54, 1.807) is 0 Å². The van der Waals surface area contributed by atoms with Crippen molar-refractivity contribution in [2.24, 2.45) is 0 Å². The summed E-state index contributed by atoms with van der Waals surface area (Å²) in [5, 5.41) is 5.01. The Hall–Kier alpha value is -6.64. The predicted octanol–water partition coefficient (Wildman–Crippen LogP) is 12.9. The lowest BCUT2D eigenvalue weighted by atomic mass is 9.99. The highest BCUT2D eigenvalue weighted by Gasteiger charge is 2.17. The number of nitrogens with zero attached hydrogens (tertiary/aromatic N) is 2. The molecule has 2 aromatic heterocycles. The van der Waals surface area contributed by atoms with Gasteiger partial charge in [-0.3, -0.25) is 0 Å². The van der Waals surface area contributed by atoms with Crippen molar-refractivity contribution in [3.8, 4) is 44.8 Å². The number of hydrogen-bond acceptors (Lipinski definition) is 0. The van der Waals surface area contributed by atoms with Crippen molar-refractivity contribution in [3.63, 3.8) is 0 Å². The van der Waals surface area contributed by atoms with Crippen LogP contribution in [0.2, 0.25) is 0 Å². The smallest absolute Gasteiger partial charge is 0.0541 e. The molecule has 234 valence electrons. The highest BCUT2D eigenvalue weighted by atomic mass is 15.0. The fraction of sp³-hybridized carbons (Fsp3) is 0. The van der Waals surface area contributed by atoms with E-state index in [0.717, 1.165) is 5.69 Å². The van der Waals surface area contributed by atoms with Crippen LogP contribution < -0.4 is 0 Å². The van der Waals surface area contributed by atoms with Gasteiger partial charge in [-0.2, -0.15) is 0 Å². The molecule has 0 aliphatic heterocycles. The topological polar surface area (TPSA) is 9.86 Å². The Labute approximate surface area is 290 Å². The van der Waals surface area contributed by atoms with Crippen LogP contribution in [0.25, 0.3) is 88.4 Å². The minimum Gasteiger partial charge on any atom is -0.309 e. The van der Waals surface area contributed by atoms with Gasteiger partial charge in [0.1, 0.15) is 0 Å². The highest BCUT2D eigenvalue weighted by molar-refractivity contribution is 6.13. The lowest BCUT2D eigenvalue weighted by Gasteiger charge is -2.11. The largest absolute Gasteiger partial charge is 0.309 e. The molecule has 10 aromatic rings. The second kappa shape index (κ2) is 11.5. The first kappa shape index (κ1) is 28.4. The van der Waals surface area contributed by atoms with Crippen molar-refractivity contribution < 1.29 is 0 Å². The number of para-hydroxylation sites is 2. The van der Waals surface area contributed by atoms with E-state index in [1.165, 1.54) is 82.7 Å². The monoisotopic (exact) mass is 636 g/mol. The van der Waals surface area contributed by atoms with Crippen molar-refractivity contribution in [1.29, 1.82) is 0 Å². The molecule has 10 rings (SSSR count). The molecule has 0 aliphatic carbocycles. The number of rotatable bonds is 5. The molecule has 0 aliphatic rings. The van der Waals surface area contributed by atoms with Crippen molar-refractivity contribution in [1.82, 2.24) is 9.13 Å². The van der Waals surface area contributed by atoms with Gasteiger partial charge in [-0.1, -0.05) is 127 Å². The molecule has 0 radical (unpaired) electrons. The molecule has 2 nitrogen and oxygen atoms in total. The first-order valence-electron chi connectivity index (χ1n) is 17.2. The average molecular weight is 637 g/mol. The Kier molecular flexibility index (Phi) is 6.53. The fourth-order valence-corrected chi connectivity index (χ4v) is 7.75. The Balaban J connectivity index is 1.16. The van der Waals surface area contributed by atoms with Crippen molar-refractivity contribution >= 4 is 43.6 Å². The minimum atomic E-state index is 1.16. The van der Waals surface area contributed by atoms with E-state index in [0.29, 0.717) is 0 Å². The summed E-state index contributed by atoms with van der Waals surface area (Å²) < 4.78 is 4.80. The predicted molar refractivity (Wildman–Crippen MR) is 211 cm³/mol. The van der Waals surface area contributed by atoms with Crippen LogP contribution in [0, 0.1) is 0 Å². The molecule has 2 heteroatoms. The summed E-state index contributed by atoms with van der Waals surface area (Å²) in [4.78, 5) is 0. The van der Waals surface area contributed by atoms with Gasteiger partial charge in [0.2, 0.25) is 0 Å². The van der Waals surface area contributed by atoms with Crippen LogP contribution in [0.15, 0.2) is 194 Å². The first-order chi connectivity index (χ1) is 24.8. The summed E-state index contributed by atoms with van der Waals surface area (Å²) >= 11 is 0. The Bertz CT molecular complexity index is 2840. The van der Waals surface area contributed by atoms with Crippen LogP contribution in [0.5, 0.6) is 0 Å². The van der Waals surface area contributed by atoms with E-state index < -0.39 is 0 Å². The zero-order valence-electron chi connectivity index (χ0n) is 27.4. The Morgan fingerprint density at radius 1 is 0.220 bits per heavy atom. The lowest BCUT2D eigenvalue weighted by molar-refractivity contribution is 1.18. The first-order valence-corrected chi connectivity index (χ1v) is 17.2. The van der Waals surface area contributed by atoms with Crippen LogP contribution in [0.3, 0.4) is 0 Å². The van der Waals surface area contributed by atoms with Crippen LogP contribution in [0.1, 0.15) is 0 Å². The minimum absolute atomic E-state index is 1.16. The van der Waals surface area contributed by atoms with E-state index in [4.69, 9.17) is 0 Å². The number of hydrogen-bond donors (Lipinski definition) is 0. The van der Waals surface area contributed by atoms with E-state index in [-0.39, 0.29) is 0 Å². The zero-order chi connectivity index (χ0) is 33.0. The molecule has 0 unspecified atom stereocenters. The maximum absolute atomic E-state index is 2.41. The summed E-state index contributed by atoms with van der Waals surface area (Å²) in [5.74, 6) is 0. The molecular weight excluding hydrogens is 605 g/mol. The Morgan fingerprint density at radius 3 is 1.18 bits per heavy atom. The maximum atomic E-state index is 2.41. The molecule has 50 heavy (non-hydrogen) atoms. The van der Waals surface area contributed by atoms with Gasteiger partial charge >= 0.3 is 0 Å². The van der Waals surface area contributed by atoms with Crippen LogP contribution in [-0.4, -0.2) is 9.13 Å². The standard InChI is InChI=1S/C48H32N2/c1-4-13-33(14-5-1)35-17-12-20-40(29-35)50-45-22-11-10-21-41(45)42-31-37(24-27-46(42)50)38-25-28-48-44(32-38)43-30-36(34-15-6-2-7-16-34)23-26-47(43)49(48)39-18-8-3-9-19-39/h1-32H. The van der Waals surface area contributed by atoms with Crippen molar-refractivity contribution in [2.45, 2.75) is 0 Å². The molecule has 0 saturated heterocycles. The van der Waals surface area contributed by atoms with E-state index in [2.05, 4.69) is 203 Å². The second-order valence-electron chi connectivity index (χ2n) is 13.0. The van der Waals surface area contributed by atoms with Crippen LogP contribution in [0.4, 0.5) is 0 Å². The van der Waals surface area contributed by atoms with E-state index in [1.807, 2.05) is 0 Å². The van der Waals surface area contributed by atoms with Crippen molar-refractivity contribution in [3.05, 3.63) is 194 Å². The third kappa shape index (κ3) is 4.57. The molecule has 0 fully saturated rings. The molecule has 0 bridgehead atoms. The summed E-state index contributed by atoms with van der Waals surface area (Å²) in [6, 6.07) is 70.4. The molecule has 0 amide bonds. The average Bonchev–Trinajstić information content (AvgIpc) is 3.71. The third-order valence-electron chi connectivity index (χ3n) is 10.1. The van der Waals surface area contributed by atoms with E-state index >= 15 is 0 Å². The van der Waals surface area contributed by atoms with Gasteiger partial charge in [0.25, 0.3) is 0 Å². The number of benzene rings is 8. The summed E-state index contributed by atoms with van der Waals surface area (Å²) in [6.45, 7) is 0. The highest BCUT2D eigenvalue weighted by Crippen LogP contribution is 2.39. The zero-order valence-corrected chi connectivity index (χ0v) is 27.4. The Morgan fingerprint density at radius 2 is 0.600 bits per heavy atom. The van der Waals surface area contributed by atoms with Gasteiger partial charge in [-0.25, -0.2) is 0 Å².